The first-order chi connectivity index (χ1) is 9.65. The van der Waals surface area contributed by atoms with Gasteiger partial charge >= 0.3 is 0 Å². The van der Waals surface area contributed by atoms with Gasteiger partial charge < -0.3 is 20.7 Å². The van der Waals surface area contributed by atoms with E-state index in [0.717, 1.165) is 51.9 Å². The van der Waals surface area contributed by atoms with Gasteiger partial charge in [0.25, 0.3) is 0 Å². The van der Waals surface area contributed by atoms with Gasteiger partial charge in [0.15, 0.2) is 5.96 Å². The molecule has 6 nitrogen and oxygen atoms in total. The predicted molar refractivity (Wildman–Crippen MR) is 78.4 cm³/mol. The minimum absolute atomic E-state index is 0.156. The Morgan fingerprint density at radius 1 is 1.45 bits per heavy atom. The van der Waals surface area contributed by atoms with E-state index >= 15 is 0 Å². The minimum Gasteiger partial charge on any atom is -0.376 e. The monoisotopic (exact) mass is 282 g/mol. The van der Waals surface area contributed by atoms with E-state index in [0.29, 0.717) is 18.4 Å². The number of rotatable bonds is 4. The first-order valence-electron chi connectivity index (χ1n) is 7.56. The highest BCUT2D eigenvalue weighted by molar-refractivity contribution is 5.77. The van der Waals surface area contributed by atoms with Crippen molar-refractivity contribution in [3.8, 4) is 0 Å². The van der Waals surface area contributed by atoms with Crippen LogP contribution in [0.5, 0.6) is 0 Å². The third kappa shape index (κ3) is 4.67. The van der Waals surface area contributed by atoms with Crippen LogP contribution in [-0.4, -0.2) is 55.7 Å². The van der Waals surface area contributed by atoms with Crippen LogP contribution in [0.4, 0.5) is 0 Å². The van der Waals surface area contributed by atoms with Crippen molar-refractivity contribution in [1.82, 2.24) is 10.2 Å². The Morgan fingerprint density at radius 2 is 2.30 bits per heavy atom. The predicted octanol–water partition coefficient (Wildman–Crippen LogP) is 0.328. The number of carbonyl (C=O) groups excluding carboxylic acids is 1. The number of nitrogens with zero attached hydrogens (tertiary/aromatic N) is 2. The summed E-state index contributed by atoms with van der Waals surface area (Å²) in [5.41, 5.74) is 5.87. The molecule has 20 heavy (non-hydrogen) atoms. The van der Waals surface area contributed by atoms with E-state index in [1.165, 1.54) is 0 Å². The molecule has 1 amide bonds. The lowest BCUT2D eigenvalue weighted by Crippen LogP contribution is -2.41. The Hall–Kier alpha value is -1.30. The summed E-state index contributed by atoms with van der Waals surface area (Å²) in [4.78, 5) is 17.7. The van der Waals surface area contributed by atoms with Gasteiger partial charge in [-0.1, -0.05) is 0 Å². The molecule has 0 spiro atoms. The van der Waals surface area contributed by atoms with Crippen LogP contribution in [0.3, 0.4) is 0 Å². The number of nitrogens with one attached hydrogen (secondary N) is 1. The van der Waals surface area contributed by atoms with Crippen molar-refractivity contribution < 1.29 is 9.53 Å². The third-order valence-corrected chi connectivity index (χ3v) is 4.02. The molecule has 2 atom stereocenters. The highest BCUT2D eigenvalue weighted by atomic mass is 16.5. The summed E-state index contributed by atoms with van der Waals surface area (Å²) < 4.78 is 5.52. The molecule has 2 unspecified atom stereocenters. The number of nitrogens with two attached hydrogens (primary N) is 1. The molecule has 0 aromatic carbocycles. The fraction of sp³-hybridized carbons (Fsp3) is 0.857. The summed E-state index contributed by atoms with van der Waals surface area (Å²) in [6, 6.07) is 0. The van der Waals surface area contributed by atoms with Crippen LogP contribution in [0.2, 0.25) is 0 Å². The molecule has 2 aliphatic heterocycles. The van der Waals surface area contributed by atoms with Crippen LogP contribution >= 0.6 is 0 Å². The number of piperidine rings is 1. The van der Waals surface area contributed by atoms with Crippen molar-refractivity contribution in [2.45, 2.75) is 38.7 Å². The van der Waals surface area contributed by atoms with E-state index in [9.17, 15) is 4.79 Å². The molecule has 0 radical (unpaired) electrons. The number of hydrogen-bond acceptors (Lipinski definition) is 3. The quantitative estimate of drug-likeness (QED) is 0.575. The lowest BCUT2D eigenvalue weighted by atomic mass is 9.98. The van der Waals surface area contributed by atoms with E-state index in [4.69, 9.17) is 10.5 Å². The summed E-state index contributed by atoms with van der Waals surface area (Å²) in [6.07, 6.45) is 4.67. The van der Waals surface area contributed by atoms with Crippen molar-refractivity contribution in [3.05, 3.63) is 0 Å². The zero-order valence-electron chi connectivity index (χ0n) is 12.3. The van der Waals surface area contributed by atoms with Crippen molar-refractivity contribution >= 4 is 11.9 Å². The summed E-state index contributed by atoms with van der Waals surface area (Å²) in [5.74, 6) is 1.07. The fourth-order valence-corrected chi connectivity index (χ4v) is 2.81. The number of ether oxygens (including phenoxy) is 1. The Balaban J connectivity index is 1.69. The molecule has 2 aliphatic rings. The van der Waals surface area contributed by atoms with Gasteiger partial charge in [-0.25, -0.2) is 0 Å². The van der Waals surface area contributed by atoms with Crippen LogP contribution in [0.25, 0.3) is 0 Å². The Kier molecular flexibility index (Phi) is 5.64. The molecular weight excluding hydrogens is 256 g/mol. The average molecular weight is 282 g/mol. The molecular formula is C14H26N4O2. The van der Waals surface area contributed by atoms with Crippen LogP contribution in [0.1, 0.15) is 32.6 Å². The van der Waals surface area contributed by atoms with Gasteiger partial charge in [0.2, 0.25) is 5.91 Å². The molecule has 0 aromatic rings. The van der Waals surface area contributed by atoms with Gasteiger partial charge in [0.05, 0.1) is 6.10 Å². The van der Waals surface area contributed by atoms with Crippen molar-refractivity contribution in [2.75, 3.05) is 32.8 Å². The van der Waals surface area contributed by atoms with Gasteiger partial charge in [-0.05, 0) is 31.6 Å². The lowest BCUT2D eigenvalue weighted by Gasteiger charge is -2.31. The minimum atomic E-state index is 0.156. The average Bonchev–Trinajstić information content (AvgIpc) is 2.96. The van der Waals surface area contributed by atoms with Crippen molar-refractivity contribution in [3.63, 3.8) is 0 Å². The largest absolute Gasteiger partial charge is 0.376 e. The normalized spacial score (nSPS) is 27.6. The maximum atomic E-state index is 11.4. The van der Waals surface area contributed by atoms with E-state index < -0.39 is 0 Å². The highest BCUT2D eigenvalue weighted by Gasteiger charge is 2.21. The number of likely N-dealkylation sites (tertiary alicyclic amines) is 1. The number of aliphatic imine (C=N–C) groups is 1. The number of carbonyl (C=O) groups is 1. The van der Waals surface area contributed by atoms with Crippen molar-refractivity contribution in [1.29, 1.82) is 0 Å². The van der Waals surface area contributed by atoms with Crippen LogP contribution in [0.15, 0.2) is 4.99 Å². The second-order valence-electron chi connectivity index (χ2n) is 5.72. The molecule has 0 bridgehead atoms. The van der Waals surface area contributed by atoms with E-state index in [1.54, 1.807) is 6.92 Å². The van der Waals surface area contributed by atoms with E-state index in [-0.39, 0.29) is 12.0 Å². The lowest BCUT2D eigenvalue weighted by molar-refractivity contribution is -0.130. The molecule has 0 saturated carbocycles. The summed E-state index contributed by atoms with van der Waals surface area (Å²) in [5, 5.41) is 3.12. The SMILES string of the molecule is CC(=O)N1CCCC(CN=C(N)NCC2CCCO2)C1. The van der Waals surface area contributed by atoms with E-state index in [2.05, 4.69) is 10.3 Å². The molecule has 0 aliphatic carbocycles. The second kappa shape index (κ2) is 7.47. The van der Waals surface area contributed by atoms with Gasteiger partial charge in [0, 0.05) is 39.7 Å². The van der Waals surface area contributed by atoms with Crippen LogP contribution in [-0.2, 0) is 9.53 Å². The maximum absolute atomic E-state index is 11.4. The Morgan fingerprint density at radius 3 is 3.00 bits per heavy atom. The maximum Gasteiger partial charge on any atom is 0.219 e. The van der Waals surface area contributed by atoms with Crippen LogP contribution in [0, 0.1) is 5.92 Å². The molecule has 6 heteroatoms. The Bertz CT molecular complexity index is 353. The molecule has 3 N–H and O–H groups in total. The third-order valence-electron chi connectivity index (χ3n) is 4.02. The second-order valence-corrected chi connectivity index (χ2v) is 5.72. The zero-order chi connectivity index (χ0) is 14.4. The molecule has 114 valence electrons. The summed E-state index contributed by atoms with van der Waals surface area (Å²) in [6.45, 7) is 5.59. The van der Waals surface area contributed by atoms with Gasteiger partial charge in [-0.2, -0.15) is 0 Å². The Labute approximate surface area is 120 Å². The number of hydrogen-bond donors (Lipinski definition) is 2. The fourth-order valence-electron chi connectivity index (χ4n) is 2.81. The first kappa shape index (κ1) is 15.1. The van der Waals surface area contributed by atoms with Gasteiger partial charge in [-0.3, -0.25) is 9.79 Å². The summed E-state index contributed by atoms with van der Waals surface area (Å²) in [7, 11) is 0. The standard InChI is InChI=1S/C14H26N4O2/c1-11(19)18-6-2-4-12(10-18)8-16-14(15)17-9-13-5-3-7-20-13/h12-13H,2-10H2,1H3,(H3,15,16,17). The molecule has 0 aromatic heterocycles. The van der Waals surface area contributed by atoms with Crippen LogP contribution < -0.4 is 11.1 Å². The van der Waals surface area contributed by atoms with Gasteiger partial charge in [-0.15, -0.1) is 0 Å². The molecule has 2 heterocycles. The van der Waals surface area contributed by atoms with Gasteiger partial charge in [0.1, 0.15) is 0 Å². The number of amides is 1. The van der Waals surface area contributed by atoms with Crippen molar-refractivity contribution in [2.24, 2.45) is 16.6 Å². The topological polar surface area (TPSA) is 80.0 Å². The van der Waals surface area contributed by atoms with E-state index in [1.807, 2.05) is 4.90 Å². The first-order valence-corrected chi connectivity index (χ1v) is 7.56. The smallest absolute Gasteiger partial charge is 0.219 e. The molecule has 2 saturated heterocycles. The highest BCUT2D eigenvalue weighted by Crippen LogP contribution is 2.16. The number of guanidine groups is 1. The zero-order valence-corrected chi connectivity index (χ0v) is 12.3. The molecule has 2 fully saturated rings. The summed E-state index contributed by atoms with van der Waals surface area (Å²) >= 11 is 0. The molecule has 2 rings (SSSR count).